The van der Waals surface area contributed by atoms with Gasteiger partial charge in [-0.15, -0.1) is 0 Å². The minimum Gasteiger partial charge on any atom is -0.383 e. The average Bonchev–Trinajstić information content (AvgIpc) is 2.65. The molecule has 0 spiro atoms. The van der Waals surface area contributed by atoms with Gasteiger partial charge in [-0.3, -0.25) is 9.69 Å². The lowest BCUT2D eigenvalue weighted by atomic mass is 10.1. The summed E-state index contributed by atoms with van der Waals surface area (Å²) in [4.78, 5) is 26.5. The molecule has 0 atom stereocenters. The third-order valence-corrected chi connectivity index (χ3v) is 4.51. The van der Waals surface area contributed by atoms with E-state index in [-0.39, 0.29) is 5.56 Å². The van der Waals surface area contributed by atoms with E-state index in [1.54, 1.807) is 6.20 Å². The fourth-order valence-electron chi connectivity index (χ4n) is 3.17. The number of benzene rings is 1. The highest BCUT2D eigenvalue weighted by molar-refractivity contribution is 5.54. The van der Waals surface area contributed by atoms with E-state index >= 15 is 0 Å². The Morgan fingerprint density at radius 1 is 1.16 bits per heavy atom. The number of aromatic amines is 1. The molecular formula is C19H19N5O. The van der Waals surface area contributed by atoms with Crippen LogP contribution in [0.5, 0.6) is 0 Å². The molecule has 1 aliphatic heterocycles. The molecule has 1 aromatic carbocycles. The van der Waals surface area contributed by atoms with E-state index in [4.69, 9.17) is 5.73 Å². The first-order chi connectivity index (χ1) is 12.2. The van der Waals surface area contributed by atoms with Crippen LogP contribution in [-0.4, -0.2) is 26.4 Å². The normalized spacial score (nSPS) is 14.2. The Morgan fingerprint density at radius 3 is 2.80 bits per heavy atom. The van der Waals surface area contributed by atoms with Gasteiger partial charge in [0.05, 0.1) is 11.3 Å². The zero-order valence-electron chi connectivity index (χ0n) is 13.8. The maximum absolute atomic E-state index is 12.6. The van der Waals surface area contributed by atoms with Gasteiger partial charge in [-0.1, -0.05) is 36.4 Å². The second-order valence-electron chi connectivity index (χ2n) is 6.21. The van der Waals surface area contributed by atoms with Gasteiger partial charge in [-0.2, -0.15) is 0 Å². The first-order valence-corrected chi connectivity index (χ1v) is 8.30. The highest BCUT2D eigenvalue weighted by Gasteiger charge is 2.22. The molecule has 3 heterocycles. The first kappa shape index (κ1) is 15.5. The van der Waals surface area contributed by atoms with Crippen LogP contribution in [0.3, 0.4) is 0 Å². The van der Waals surface area contributed by atoms with Gasteiger partial charge < -0.3 is 10.7 Å². The fourth-order valence-corrected chi connectivity index (χ4v) is 3.17. The fraction of sp³-hybridized carbons (Fsp3) is 0.211. The SMILES string of the molecule is Nc1ncccc1CN1CCc2nc(-c3ccccc3)[nH]c(=O)c2C1. The highest BCUT2D eigenvalue weighted by Crippen LogP contribution is 2.20. The standard InChI is InChI=1S/C19H19N5O/c20-17-14(7-4-9-21-17)11-24-10-8-16-15(12-24)19(25)23-18(22-16)13-5-2-1-3-6-13/h1-7,9H,8,10-12H2,(H2,20,21)(H,22,23,25). The third-order valence-electron chi connectivity index (χ3n) is 4.51. The number of hydrogen-bond donors (Lipinski definition) is 2. The maximum Gasteiger partial charge on any atom is 0.255 e. The summed E-state index contributed by atoms with van der Waals surface area (Å²) >= 11 is 0. The topological polar surface area (TPSA) is 87.9 Å². The van der Waals surface area contributed by atoms with E-state index in [9.17, 15) is 4.79 Å². The molecule has 0 bridgehead atoms. The lowest BCUT2D eigenvalue weighted by Crippen LogP contribution is -2.35. The van der Waals surface area contributed by atoms with Crippen LogP contribution in [0, 0.1) is 0 Å². The maximum atomic E-state index is 12.6. The molecule has 0 saturated carbocycles. The molecule has 0 radical (unpaired) electrons. The van der Waals surface area contributed by atoms with E-state index in [1.807, 2.05) is 42.5 Å². The van der Waals surface area contributed by atoms with Crippen LogP contribution in [0.15, 0.2) is 53.5 Å². The number of aromatic nitrogens is 3. The number of nitrogens with two attached hydrogens (primary N) is 1. The molecule has 6 heteroatoms. The summed E-state index contributed by atoms with van der Waals surface area (Å²) in [6, 6.07) is 13.6. The summed E-state index contributed by atoms with van der Waals surface area (Å²) in [6.07, 6.45) is 2.43. The summed E-state index contributed by atoms with van der Waals surface area (Å²) < 4.78 is 0. The van der Waals surface area contributed by atoms with E-state index < -0.39 is 0 Å². The number of fused-ring (bicyclic) bond motifs is 1. The summed E-state index contributed by atoms with van der Waals surface area (Å²) in [5.74, 6) is 1.18. The van der Waals surface area contributed by atoms with Gasteiger partial charge in [0, 0.05) is 43.4 Å². The molecule has 4 rings (SSSR count). The van der Waals surface area contributed by atoms with Crippen LogP contribution in [0.25, 0.3) is 11.4 Å². The van der Waals surface area contributed by atoms with Gasteiger partial charge in [-0.25, -0.2) is 9.97 Å². The number of pyridine rings is 1. The van der Waals surface area contributed by atoms with Crippen LogP contribution in [-0.2, 0) is 19.5 Å². The van der Waals surface area contributed by atoms with Gasteiger partial charge in [0.1, 0.15) is 11.6 Å². The van der Waals surface area contributed by atoms with E-state index in [0.717, 1.165) is 35.3 Å². The molecule has 6 nitrogen and oxygen atoms in total. The van der Waals surface area contributed by atoms with Crippen LogP contribution in [0.4, 0.5) is 5.82 Å². The summed E-state index contributed by atoms with van der Waals surface area (Å²) in [7, 11) is 0. The number of rotatable bonds is 3. The largest absolute Gasteiger partial charge is 0.383 e. The molecule has 2 aromatic heterocycles. The van der Waals surface area contributed by atoms with E-state index in [2.05, 4.69) is 19.9 Å². The highest BCUT2D eigenvalue weighted by atomic mass is 16.1. The Morgan fingerprint density at radius 2 is 2.00 bits per heavy atom. The Hall–Kier alpha value is -2.99. The van der Waals surface area contributed by atoms with E-state index in [0.29, 0.717) is 24.7 Å². The predicted molar refractivity (Wildman–Crippen MR) is 96.8 cm³/mol. The quantitative estimate of drug-likeness (QED) is 0.765. The number of hydrogen-bond acceptors (Lipinski definition) is 5. The number of anilines is 1. The minimum atomic E-state index is -0.0623. The van der Waals surface area contributed by atoms with Gasteiger partial charge in [0.15, 0.2) is 0 Å². The van der Waals surface area contributed by atoms with Crippen molar-refractivity contribution in [3.05, 3.63) is 75.8 Å². The molecule has 3 N–H and O–H groups in total. The number of nitrogen functional groups attached to an aromatic ring is 1. The van der Waals surface area contributed by atoms with Crippen LogP contribution >= 0.6 is 0 Å². The minimum absolute atomic E-state index is 0.0623. The monoisotopic (exact) mass is 333 g/mol. The summed E-state index contributed by atoms with van der Waals surface area (Å²) in [6.45, 7) is 2.09. The smallest absolute Gasteiger partial charge is 0.255 e. The van der Waals surface area contributed by atoms with E-state index in [1.165, 1.54) is 0 Å². The Bertz CT molecular complexity index is 952. The molecule has 0 fully saturated rings. The van der Waals surface area contributed by atoms with Crippen molar-refractivity contribution in [3.63, 3.8) is 0 Å². The first-order valence-electron chi connectivity index (χ1n) is 8.30. The Labute approximate surface area is 145 Å². The zero-order valence-corrected chi connectivity index (χ0v) is 13.8. The molecule has 0 saturated heterocycles. The van der Waals surface area contributed by atoms with Crippen molar-refractivity contribution in [2.24, 2.45) is 0 Å². The van der Waals surface area contributed by atoms with Gasteiger partial charge in [-0.05, 0) is 6.07 Å². The number of nitrogens with one attached hydrogen (secondary N) is 1. The second-order valence-corrected chi connectivity index (χ2v) is 6.21. The molecule has 126 valence electrons. The van der Waals surface area contributed by atoms with Crippen molar-refractivity contribution in [1.29, 1.82) is 0 Å². The van der Waals surface area contributed by atoms with Crippen molar-refractivity contribution in [2.45, 2.75) is 19.5 Å². The molecule has 0 aliphatic carbocycles. The molecular weight excluding hydrogens is 314 g/mol. The average molecular weight is 333 g/mol. The zero-order chi connectivity index (χ0) is 17.2. The van der Waals surface area contributed by atoms with Crippen LogP contribution in [0.1, 0.15) is 16.8 Å². The Kier molecular flexibility index (Phi) is 4.03. The Balaban J connectivity index is 1.60. The lowest BCUT2D eigenvalue weighted by Gasteiger charge is -2.28. The van der Waals surface area contributed by atoms with Gasteiger partial charge in [0.2, 0.25) is 0 Å². The predicted octanol–water partition coefficient (Wildman–Crippen LogP) is 1.97. The number of nitrogens with zero attached hydrogens (tertiary/aromatic N) is 3. The molecule has 1 aliphatic rings. The van der Waals surface area contributed by atoms with Crippen molar-refractivity contribution in [2.75, 3.05) is 12.3 Å². The molecule has 3 aromatic rings. The number of H-pyrrole nitrogens is 1. The third kappa shape index (κ3) is 3.16. The van der Waals surface area contributed by atoms with Crippen molar-refractivity contribution in [1.82, 2.24) is 19.9 Å². The summed E-state index contributed by atoms with van der Waals surface area (Å²) in [5, 5.41) is 0. The lowest BCUT2D eigenvalue weighted by molar-refractivity contribution is 0.242. The van der Waals surface area contributed by atoms with Crippen molar-refractivity contribution >= 4 is 5.82 Å². The molecule has 0 amide bonds. The second kappa shape index (κ2) is 6.49. The summed E-state index contributed by atoms with van der Waals surface area (Å²) in [5.41, 5.74) is 9.40. The molecule has 25 heavy (non-hydrogen) atoms. The van der Waals surface area contributed by atoms with Crippen LogP contribution < -0.4 is 11.3 Å². The van der Waals surface area contributed by atoms with Crippen molar-refractivity contribution < 1.29 is 0 Å². The van der Waals surface area contributed by atoms with Crippen molar-refractivity contribution in [3.8, 4) is 11.4 Å². The van der Waals surface area contributed by atoms with Gasteiger partial charge >= 0.3 is 0 Å². The van der Waals surface area contributed by atoms with Gasteiger partial charge in [0.25, 0.3) is 5.56 Å². The van der Waals surface area contributed by atoms with Crippen LogP contribution in [0.2, 0.25) is 0 Å². The molecule has 0 unspecified atom stereocenters.